The minimum Gasteiger partial charge on any atom is -0.494 e. The quantitative estimate of drug-likeness (QED) is 0.224. The van der Waals surface area contributed by atoms with Gasteiger partial charge in [0.1, 0.15) is 16.9 Å². The van der Waals surface area contributed by atoms with E-state index in [-0.39, 0.29) is 29.2 Å². The molecule has 5 aromatic rings. The molecule has 2 aromatic carbocycles. The number of likely N-dealkylation sites (tertiary alicyclic amines) is 1. The maximum atomic E-state index is 15.9. The van der Waals surface area contributed by atoms with Crippen LogP contribution in [-0.4, -0.2) is 71.1 Å². The number of benzene rings is 2. The Bertz CT molecular complexity index is 2290. The third kappa shape index (κ3) is 5.01. The number of ether oxygens (including phenoxy) is 1. The monoisotopic (exact) mass is 683 g/mol. The summed E-state index contributed by atoms with van der Waals surface area (Å²) in [6, 6.07) is 14.0. The Morgan fingerprint density at radius 2 is 1.94 bits per heavy atom. The van der Waals surface area contributed by atoms with E-state index in [0.29, 0.717) is 58.9 Å². The van der Waals surface area contributed by atoms with Crippen LogP contribution in [0.15, 0.2) is 60.5 Å². The molecule has 11 nitrogen and oxygen atoms in total. The summed E-state index contributed by atoms with van der Waals surface area (Å²) in [7, 11) is 0.920. The van der Waals surface area contributed by atoms with Gasteiger partial charge in [-0.15, -0.1) is 0 Å². The number of nitrogens with two attached hydrogens (primary N) is 1. The number of rotatable bonds is 9. The second-order valence-electron chi connectivity index (χ2n) is 13.5. The molecule has 3 fully saturated rings. The fourth-order valence-electron chi connectivity index (χ4n) is 7.68. The molecule has 13 heteroatoms. The van der Waals surface area contributed by atoms with Crippen molar-refractivity contribution in [2.24, 2.45) is 24.6 Å². The number of fused-ring (bicyclic) bond motifs is 4. The molecule has 254 valence electrons. The fourth-order valence-corrected chi connectivity index (χ4v) is 8.32. The van der Waals surface area contributed by atoms with Crippen LogP contribution in [0.4, 0.5) is 10.1 Å². The Morgan fingerprint density at radius 1 is 1.14 bits per heavy atom. The highest BCUT2D eigenvalue weighted by atomic mass is 32.2. The number of hydrogen-bond donors (Lipinski definition) is 1. The maximum Gasteiger partial charge on any atom is 0.256 e. The molecule has 49 heavy (non-hydrogen) atoms. The standard InChI is InChI=1S/C36H38FN7O4S/c1-5-49(46,47)42(3)27-8-6-7-24(31(27)37)25-13-11-21-16-29(43(34(21)39-25)18-20-9-10-20)35-40-26-15-23(17-30(48-4)33(26)41(35)2)36(45)44-19-22-12-14-28(44)32(22)38/h5-8,11,13,15-17,20,22,28,32H,1,9-10,12,14,18-19,38H2,2-4H3. The lowest BCUT2D eigenvalue weighted by Gasteiger charge is -2.27. The normalized spacial score (nSPS) is 20.4. The van der Waals surface area contributed by atoms with E-state index in [1.807, 2.05) is 34.7 Å². The first-order valence-electron chi connectivity index (χ1n) is 16.5. The zero-order chi connectivity index (χ0) is 34.4. The van der Waals surface area contributed by atoms with E-state index in [1.165, 1.54) is 13.1 Å². The number of sulfonamides is 1. The summed E-state index contributed by atoms with van der Waals surface area (Å²) >= 11 is 0. The SMILES string of the molecule is C=CS(=O)(=O)N(C)c1cccc(-c2ccc3cc(-c4nc5cc(C(=O)N6CC7CCC6C7N)cc(OC)c5n4C)n(CC4CC4)c3n2)c1F. The highest BCUT2D eigenvalue weighted by molar-refractivity contribution is 7.95. The second-order valence-corrected chi connectivity index (χ2v) is 15.4. The predicted molar refractivity (Wildman–Crippen MR) is 187 cm³/mol. The molecule has 3 atom stereocenters. The molecular weight excluding hydrogens is 646 g/mol. The van der Waals surface area contributed by atoms with E-state index in [4.69, 9.17) is 20.4 Å². The van der Waals surface area contributed by atoms with Gasteiger partial charge in [0.05, 0.1) is 29.7 Å². The number of amides is 1. The Morgan fingerprint density at radius 3 is 2.61 bits per heavy atom. The number of nitrogens with zero attached hydrogens (tertiary/aromatic N) is 6. The van der Waals surface area contributed by atoms with Crippen LogP contribution in [0.1, 0.15) is 36.0 Å². The van der Waals surface area contributed by atoms with E-state index in [0.717, 1.165) is 52.0 Å². The molecule has 1 amide bonds. The number of imidazole rings is 1. The van der Waals surface area contributed by atoms with Crippen LogP contribution in [0.25, 0.3) is 44.8 Å². The smallest absolute Gasteiger partial charge is 0.256 e. The molecule has 3 unspecified atom stereocenters. The van der Waals surface area contributed by atoms with E-state index in [2.05, 4.69) is 11.1 Å². The van der Waals surface area contributed by atoms with E-state index >= 15 is 4.39 Å². The lowest BCUT2D eigenvalue weighted by Crippen LogP contribution is -2.41. The van der Waals surface area contributed by atoms with Crippen molar-refractivity contribution in [3.05, 3.63) is 71.9 Å². The molecule has 4 heterocycles. The van der Waals surface area contributed by atoms with Gasteiger partial charge in [-0.3, -0.25) is 9.10 Å². The third-order valence-electron chi connectivity index (χ3n) is 10.6. The summed E-state index contributed by atoms with van der Waals surface area (Å²) in [6.45, 7) is 4.74. The number of hydrogen-bond acceptors (Lipinski definition) is 7. The first-order valence-corrected chi connectivity index (χ1v) is 18.0. The maximum absolute atomic E-state index is 15.9. The topological polar surface area (TPSA) is 129 Å². The molecule has 2 bridgehead atoms. The lowest BCUT2D eigenvalue weighted by molar-refractivity contribution is 0.0700. The zero-order valence-corrected chi connectivity index (χ0v) is 28.5. The van der Waals surface area contributed by atoms with Crippen molar-refractivity contribution in [1.29, 1.82) is 0 Å². The minimum absolute atomic E-state index is 0.0220. The molecule has 3 aliphatic rings. The molecule has 1 saturated heterocycles. The van der Waals surface area contributed by atoms with Gasteiger partial charge in [-0.1, -0.05) is 12.6 Å². The molecule has 2 aliphatic carbocycles. The molecule has 8 rings (SSSR count). The van der Waals surface area contributed by atoms with Crippen LogP contribution in [0.5, 0.6) is 5.75 Å². The van der Waals surface area contributed by atoms with Gasteiger partial charge in [-0.2, -0.15) is 0 Å². The van der Waals surface area contributed by atoms with Crippen LogP contribution in [0.3, 0.4) is 0 Å². The van der Waals surface area contributed by atoms with Crippen LogP contribution >= 0.6 is 0 Å². The number of carbonyl (C=O) groups excluding carboxylic acids is 1. The van der Waals surface area contributed by atoms with Gasteiger partial charge in [0, 0.05) is 61.2 Å². The summed E-state index contributed by atoms with van der Waals surface area (Å²) in [6.07, 6.45) is 4.19. The van der Waals surface area contributed by atoms with Gasteiger partial charge < -0.3 is 24.5 Å². The first-order chi connectivity index (χ1) is 23.5. The van der Waals surface area contributed by atoms with Crippen molar-refractivity contribution in [1.82, 2.24) is 24.0 Å². The summed E-state index contributed by atoms with van der Waals surface area (Å²) in [5, 5.41) is 1.65. The lowest BCUT2D eigenvalue weighted by atomic mass is 10.1. The van der Waals surface area contributed by atoms with Crippen molar-refractivity contribution in [3.8, 4) is 28.5 Å². The Balaban J connectivity index is 1.23. The Hall–Kier alpha value is -4.75. The highest BCUT2D eigenvalue weighted by Crippen LogP contribution is 2.41. The van der Waals surface area contributed by atoms with E-state index in [1.54, 1.807) is 31.4 Å². The molecule has 2 saturated carbocycles. The fraction of sp³-hybridized carbons (Fsp3) is 0.361. The van der Waals surface area contributed by atoms with Gasteiger partial charge >= 0.3 is 0 Å². The Kier molecular flexibility index (Phi) is 7.34. The van der Waals surface area contributed by atoms with Crippen molar-refractivity contribution in [3.63, 3.8) is 0 Å². The van der Waals surface area contributed by atoms with Gasteiger partial charge in [-0.05, 0) is 80.0 Å². The van der Waals surface area contributed by atoms with Crippen LogP contribution in [0, 0.1) is 17.7 Å². The summed E-state index contributed by atoms with van der Waals surface area (Å²) in [5.74, 6) is 1.31. The molecule has 0 spiro atoms. The number of aromatic nitrogens is 4. The number of piperidine rings is 1. The summed E-state index contributed by atoms with van der Waals surface area (Å²) in [4.78, 5) is 25.7. The molecule has 3 aromatic heterocycles. The van der Waals surface area contributed by atoms with Gasteiger partial charge in [0.15, 0.2) is 11.6 Å². The summed E-state index contributed by atoms with van der Waals surface area (Å²) in [5.41, 5.74) is 10.3. The number of methoxy groups -OCH3 is 1. The first kappa shape index (κ1) is 31.5. The number of pyridine rings is 1. The van der Waals surface area contributed by atoms with E-state index < -0.39 is 15.8 Å². The zero-order valence-electron chi connectivity index (χ0n) is 27.6. The number of anilines is 1. The third-order valence-corrected chi connectivity index (χ3v) is 12.0. The summed E-state index contributed by atoms with van der Waals surface area (Å²) < 4.78 is 51.6. The van der Waals surface area contributed by atoms with Crippen LogP contribution < -0.4 is 14.8 Å². The second kappa shape index (κ2) is 11.4. The van der Waals surface area contributed by atoms with Crippen LogP contribution in [-0.2, 0) is 23.6 Å². The molecule has 0 radical (unpaired) electrons. The largest absolute Gasteiger partial charge is 0.494 e. The number of halogens is 1. The Labute approximate surface area is 283 Å². The minimum atomic E-state index is -3.90. The molecular formula is C36H38FN7O4S. The molecule has 1 aliphatic heterocycles. The van der Waals surface area contributed by atoms with Crippen molar-refractivity contribution >= 4 is 43.7 Å². The number of aryl methyl sites for hydroxylation is 1. The van der Waals surface area contributed by atoms with Crippen LogP contribution in [0.2, 0.25) is 0 Å². The highest BCUT2D eigenvalue weighted by Gasteiger charge is 2.47. The average molecular weight is 684 g/mol. The van der Waals surface area contributed by atoms with Gasteiger partial charge in [-0.25, -0.2) is 22.8 Å². The van der Waals surface area contributed by atoms with E-state index in [9.17, 15) is 13.2 Å². The average Bonchev–Trinajstić information content (AvgIpc) is 3.51. The van der Waals surface area contributed by atoms with Crippen molar-refractivity contribution < 1.29 is 22.3 Å². The van der Waals surface area contributed by atoms with Crippen molar-refractivity contribution in [2.75, 3.05) is 25.0 Å². The predicted octanol–water partition coefficient (Wildman–Crippen LogP) is 5.29. The van der Waals surface area contributed by atoms with Crippen molar-refractivity contribution in [2.45, 2.75) is 44.3 Å². The molecule has 2 N–H and O–H groups in total. The van der Waals surface area contributed by atoms with Gasteiger partial charge in [0.25, 0.3) is 15.9 Å². The van der Waals surface area contributed by atoms with Gasteiger partial charge in [0.2, 0.25) is 0 Å². The number of carbonyl (C=O) groups is 1.